The Balaban J connectivity index is 4.44. The van der Waals surface area contributed by atoms with Crippen molar-refractivity contribution >= 4 is 17.9 Å². The van der Waals surface area contributed by atoms with Crippen LogP contribution in [0.5, 0.6) is 0 Å². The van der Waals surface area contributed by atoms with Crippen LogP contribution in [0, 0.1) is 0 Å². The minimum atomic E-state index is -0.804. The molecule has 0 bridgehead atoms. The highest BCUT2D eigenvalue weighted by Gasteiger charge is 2.19. The molecule has 0 aromatic heterocycles. The normalized spacial score (nSPS) is 12.9. The van der Waals surface area contributed by atoms with Crippen LogP contribution in [0.3, 0.4) is 0 Å². The van der Waals surface area contributed by atoms with Crippen molar-refractivity contribution in [2.75, 3.05) is 13.2 Å². The van der Waals surface area contributed by atoms with E-state index in [1.54, 1.807) is 0 Å². The lowest BCUT2D eigenvalue weighted by molar-refractivity contribution is -0.167. The van der Waals surface area contributed by atoms with Gasteiger partial charge in [-0.05, 0) is 128 Å². The first-order valence-corrected chi connectivity index (χ1v) is 29.9. The SMILES string of the molecule is CC/C=C\C/C=C\C/C=C\C/C=C\C/C=C\C/C=C\CCCCC(=O)OCC(COC(=O)CCCCCCC/C=C\CCCCC)OC(=O)CCCCCCCCCCC/C=C\C/C=C\CCCCCCC. The second-order valence-corrected chi connectivity index (χ2v) is 19.5. The lowest BCUT2D eigenvalue weighted by atomic mass is 10.1. The molecule has 0 aromatic rings. The van der Waals surface area contributed by atoms with Crippen LogP contribution in [-0.4, -0.2) is 37.2 Å². The molecule has 0 rings (SSSR count). The molecule has 0 saturated heterocycles. The van der Waals surface area contributed by atoms with Crippen molar-refractivity contribution in [3.05, 3.63) is 109 Å². The van der Waals surface area contributed by atoms with Crippen molar-refractivity contribution in [3.63, 3.8) is 0 Å². The first kappa shape index (κ1) is 68.1. The number of carbonyl (C=O) groups excluding carboxylic acids is 3. The van der Waals surface area contributed by atoms with E-state index in [0.717, 1.165) is 116 Å². The zero-order valence-electron chi connectivity index (χ0n) is 46.9. The topological polar surface area (TPSA) is 78.9 Å². The van der Waals surface area contributed by atoms with E-state index in [4.69, 9.17) is 14.2 Å². The van der Waals surface area contributed by atoms with Gasteiger partial charge in [0.2, 0.25) is 0 Å². The molecule has 1 unspecified atom stereocenters. The van der Waals surface area contributed by atoms with E-state index in [-0.39, 0.29) is 31.1 Å². The molecule has 72 heavy (non-hydrogen) atoms. The molecule has 0 aliphatic rings. The van der Waals surface area contributed by atoms with Gasteiger partial charge in [0, 0.05) is 19.3 Å². The molecule has 6 nitrogen and oxygen atoms in total. The van der Waals surface area contributed by atoms with E-state index in [1.165, 1.54) is 116 Å². The predicted molar refractivity (Wildman–Crippen MR) is 311 cm³/mol. The second kappa shape index (κ2) is 59.6. The molecule has 0 N–H and O–H groups in total. The van der Waals surface area contributed by atoms with Gasteiger partial charge in [-0.3, -0.25) is 14.4 Å². The van der Waals surface area contributed by atoms with Gasteiger partial charge in [-0.2, -0.15) is 0 Å². The third-order valence-electron chi connectivity index (χ3n) is 12.5. The minimum absolute atomic E-state index is 0.0991. The molecule has 0 radical (unpaired) electrons. The number of carbonyl (C=O) groups is 3. The van der Waals surface area contributed by atoms with E-state index in [0.29, 0.717) is 19.3 Å². The predicted octanol–water partition coefficient (Wildman–Crippen LogP) is 20.3. The number of hydrogen-bond donors (Lipinski definition) is 0. The van der Waals surface area contributed by atoms with Crippen LogP contribution >= 0.6 is 0 Å². The van der Waals surface area contributed by atoms with Crippen molar-refractivity contribution in [1.82, 2.24) is 0 Å². The summed E-state index contributed by atoms with van der Waals surface area (Å²) in [5, 5.41) is 0. The van der Waals surface area contributed by atoms with Gasteiger partial charge in [0.05, 0.1) is 0 Å². The van der Waals surface area contributed by atoms with Gasteiger partial charge in [-0.1, -0.05) is 233 Å². The molecule has 0 spiro atoms. The Hall–Kier alpha value is -3.93. The largest absolute Gasteiger partial charge is 0.462 e. The number of esters is 3. The summed E-state index contributed by atoms with van der Waals surface area (Å²) in [7, 11) is 0. The molecule has 1 atom stereocenters. The molecule has 0 saturated carbocycles. The van der Waals surface area contributed by atoms with Crippen molar-refractivity contribution in [1.29, 1.82) is 0 Å². The van der Waals surface area contributed by atoms with Gasteiger partial charge in [0.25, 0.3) is 0 Å². The van der Waals surface area contributed by atoms with Crippen molar-refractivity contribution in [2.45, 2.75) is 277 Å². The first-order chi connectivity index (χ1) is 35.5. The fraction of sp³-hybridized carbons (Fsp3) is 0.682. The Morgan fingerprint density at radius 2 is 0.542 bits per heavy atom. The third kappa shape index (κ3) is 57.0. The van der Waals surface area contributed by atoms with Crippen LogP contribution in [0.2, 0.25) is 0 Å². The maximum Gasteiger partial charge on any atom is 0.306 e. The summed E-state index contributed by atoms with van der Waals surface area (Å²) in [5.74, 6) is -0.955. The van der Waals surface area contributed by atoms with E-state index >= 15 is 0 Å². The Bertz CT molecular complexity index is 1470. The Kier molecular flexibility index (Phi) is 56.4. The average molecular weight is 1000 g/mol. The number of hydrogen-bond acceptors (Lipinski definition) is 6. The summed E-state index contributed by atoms with van der Waals surface area (Å²) >= 11 is 0. The lowest BCUT2D eigenvalue weighted by Crippen LogP contribution is -2.30. The van der Waals surface area contributed by atoms with Crippen molar-refractivity contribution in [2.24, 2.45) is 0 Å². The Morgan fingerprint density at radius 1 is 0.292 bits per heavy atom. The van der Waals surface area contributed by atoms with E-state index in [9.17, 15) is 14.4 Å². The summed E-state index contributed by atoms with van der Waals surface area (Å²) < 4.78 is 16.8. The summed E-state index contributed by atoms with van der Waals surface area (Å²) in [6, 6.07) is 0. The van der Waals surface area contributed by atoms with E-state index in [2.05, 4.69) is 130 Å². The standard InChI is InChI=1S/C66H110O6/c1-4-7-10-13-16-19-22-25-27-29-31-33-35-37-39-41-44-47-50-53-56-59-65(68)71-62-63(61-70-64(67)58-55-52-49-46-43-24-21-18-15-12-9-6-3)72-66(69)60-57-54-51-48-45-42-40-38-36-34-32-30-28-26-23-20-17-14-11-8-5-2/h7,10,16,18-19,21,23,25-27,30-33,37,39,44,47,63H,4-6,8-9,11-15,17,20,22,24,28-29,34-36,38,40-43,45-46,48-62H2,1-3H3/b10-7-,19-16-,21-18-,26-23-,27-25-,32-30-,33-31-,39-37-,47-44-. The molecular weight excluding hydrogens is 889 g/mol. The molecular formula is C66H110O6. The zero-order valence-corrected chi connectivity index (χ0v) is 46.9. The van der Waals surface area contributed by atoms with E-state index in [1.807, 2.05) is 0 Å². The monoisotopic (exact) mass is 999 g/mol. The molecule has 410 valence electrons. The number of rotatable bonds is 53. The fourth-order valence-electron chi connectivity index (χ4n) is 8.00. The third-order valence-corrected chi connectivity index (χ3v) is 12.5. The summed E-state index contributed by atoms with van der Waals surface area (Å²) in [6.45, 7) is 6.45. The smallest absolute Gasteiger partial charge is 0.306 e. The lowest BCUT2D eigenvalue weighted by Gasteiger charge is -2.18. The van der Waals surface area contributed by atoms with Gasteiger partial charge in [0.1, 0.15) is 13.2 Å². The van der Waals surface area contributed by atoms with Crippen LogP contribution in [0.25, 0.3) is 0 Å². The van der Waals surface area contributed by atoms with Crippen LogP contribution < -0.4 is 0 Å². The second-order valence-electron chi connectivity index (χ2n) is 19.5. The molecule has 0 fully saturated rings. The molecule has 6 heteroatoms. The van der Waals surface area contributed by atoms with E-state index < -0.39 is 6.10 Å². The summed E-state index contributed by atoms with van der Waals surface area (Å²) in [5.41, 5.74) is 0. The highest BCUT2D eigenvalue weighted by atomic mass is 16.6. The van der Waals surface area contributed by atoms with Crippen LogP contribution in [0.1, 0.15) is 271 Å². The molecule has 0 heterocycles. The highest BCUT2D eigenvalue weighted by Crippen LogP contribution is 2.14. The number of ether oxygens (including phenoxy) is 3. The molecule has 0 aliphatic carbocycles. The van der Waals surface area contributed by atoms with Crippen LogP contribution in [-0.2, 0) is 28.6 Å². The van der Waals surface area contributed by atoms with Crippen LogP contribution in [0.4, 0.5) is 0 Å². The van der Waals surface area contributed by atoms with Gasteiger partial charge in [-0.15, -0.1) is 0 Å². The number of allylic oxidation sites excluding steroid dienone is 18. The van der Waals surface area contributed by atoms with Gasteiger partial charge < -0.3 is 14.2 Å². The van der Waals surface area contributed by atoms with Crippen LogP contribution in [0.15, 0.2) is 109 Å². The Labute approximate surface area is 444 Å². The van der Waals surface area contributed by atoms with Gasteiger partial charge >= 0.3 is 17.9 Å². The average Bonchev–Trinajstić information content (AvgIpc) is 3.38. The highest BCUT2D eigenvalue weighted by molar-refractivity contribution is 5.71. The molecule has 0 aromatic carbocycles. The molecule has 0 amide bonds. The molecule has 0 aliphatic heterocycles. The maximum absolute atomic E-state index is 12.9. The zero-order chi connectivity index (χ0) is 52.2. The Morgan fingerprint density at radius 3 is 0.917 bits per heavy atom. The number of unbranched alkanes of at least 4 members (excludes halogenated alkanes) is 24. The van der Waals surface area contributed by atoms with Gasteiger partial charge in [0.15, 0.2) is 6.10 Å². The fourth-order valence-corrected chi connectivity index (χ4v) is 8.00. The summed E-state index contributed by atoms with van der Waals surface area (Å²) in [6.07, 6.45) is 80.8. The van der Waals surface area contributed by atoms with Crippen molar-refractivity contribution < 1.29 is 28.6 Å². The summed E-state index contributed by atoms with van der Waals surface area (Å²) in [4.78, 5) is 38.2. The maximum atomic E-state index is 12.9. The van der Waals surface area contributed by atoms with Crippen molar-refractivity contribution in [3.8, 4) is 0 Å². The first-order valence-electron chi connectivity index (χ1n) is 29.9. The quantitative estimate of drug-likeness (QED) is 0.0261. The van der Waals surface area contributed by atoms with Gasteiger partial charge in [-0.25, -0.2) is 0 Å². The minimum Gasteiger partial charge on any atom is -0.462 e.